The second kappa shape index (κ2) is 9.70. The van der Waals surface area contributed by atoms with Gasteiger partial charge in [-0.25, -0.2) is 4.98 Å². The molecular formula is C28H24ClN2OP. The molecule has 164 valence electrons. The van der Waals surface area contributed by atoms with Crippen molar-refractivity contribution in [2.24, 2.45) is 0 Å². The number of hydrogen-bond donors (Lipinski definition) is 0. The van der Waals surface area contributed by atoms with Gasteiger partial charge in [-0.15, -0.1) is 0 Å². The van der Waals surface area contributed by atoms with Crippen LogP contribution >= 0.6 is 7.26 Å². The molecule has 0 radical (unpaired) electrons. The number of aryl methyl sites for hydroxylation is 1. The summed E-state index contributed by atoms with van der Waals surface area (Å²) in [6.45, 7) is 1.98. The summed E-state index contributed by atoms with van der Waals surface area (Å²) < 4.78 is 1.63. The number of benzene rings is 3. The standard InChI is InChI=1S/C28H24N2OP.ClH/c1-22-17-18-27-29-23(19-28(31)30(27)20-22)21-32(24-11-5-2-6-12-24,25-13-7-3-8-14-25)26-15-9-4-10-16-26;/h2-20H,21H2,1H3;1H/q+1;/p-1. The molecule has 3 nitrogen and oxygen atoms in total. The predicted octanol–water partition coefficient (Wildman–Crippen LogP) is 1.50. The maximum atomic E-state index is 13.0. The highest BCUT2D eigenvalue weighted by Gasteiger charge is 2.45. The molecular weight excluding hydrogens is 447 g/mol. The quantitative estimate of drug-likeness (QED) is 0.365. The SMILES string of the molecule is Cc1ccc2nc(C[P+](c3ccccc3)(c3ccccc3)c3ccccc3)cc(=O)n2c1.[Cl-]. The van der Waals surface area contributed by atoms with Crippen LogP contribution in [0.3, 0.4) is 0 Å². The van der Waals surface area contributed by atoms with Crippen molar-refractivity contribution >= 4 is 28.8 Å². The predicted molar refractivity (Wildman–Crippen MR) is 135 cm³/mol. The smallest absolute Gasteiger partial charge is 0.258 e. The first kappa shape index (κ1) is 22.9. The lowest BCUT2D eigenvalue weighted by Crippen LogP contribution is -3.00. The summed E-state index contributed by atoms with van der Waals surface area (Å²) in [4.78, 5) is 17.9. The molecule has 0 aliphatic heterocycles. The minimum atomic E-state index is -2.09. The minimum Gasteiger partial charge on any atom is -1.00 e. The molecule has 0 fully saturated rings. The summed E-state index contributed by atoms with van der Waals surface area (Å²) in [5.74, 6) is 0. The van der Waals surface area contributed by atoms with Crippen LogP contribution in [0.4, 0.5) is 0 Å². The Kier molecular flexibility index (Phi) is 6.74. The zero-order chi connectivity index (χ0) is 22.0. The molecule has 5 heteroatoms. The first-order valence-corrected chi connectivity index (χ1v) is 12.7. The first-order valence-electron chi connectivity index (χ1n) is 10.7. The Bertz CT molecular complexity index is 1320. The van der Waals surface area contributed by atoms with Gasteiger partial charge in [0.2, 0.25) is 0 Å². The summed E-state index contributed by atoms with van der Waals surface area (Å²) in [5.41, 5.74) is 2.50. The summed E-state index contributed by atoms with van der Waals surface area (Å²) in [7, 11) is -2.09. The van der Waals surface area contributed by atoms with Gasteiger partial charge in [-0.1, -0.05) is 60.7 Å². The second-order valence-corrected chi connectivity index (χ2v) is 11.5. The lowest BCUT2D eigenvalue weighted by molar-refractivity contribution is -0.00000650. The topological polar surface area (TPSA) is 34.4 Å². The highest BCUT2D eigenvalue weighted by Crippen LogP contribution is 2.57. The van der Waals surface area contributed by atoms with Crippen LogP contribution in [-0.2, 0) is 6.16 Å². The number of nitrogens with zero attached hydrogens (tertiary/aromatic N) is 2. The van der Waals surface area contributed by atoms with Crippen LogP contribution in [0.1, 0.15) is 11.3 Å². The van der Waals surface area contributed by atoms with E-state index in [4.69, 9.17) is 4.98 Å². The number of fused-ring (bicyclic) bond motifs is 1. The van der Waals surface area contributed by atoms with E-state index >= 15 is 0 Å². The van der Waals surface area contributed by atoms with Gasteiger partial charge in [0, 0.05) is 12.3 Å². The van der Waals surface area contributed by atoms with Gasteiger partial charge in [0.15, 0.2) is 0 Å². The Morgan fingerprint density at radius 1 is 0.727 bits per heavy atom. The average molecular weight is 471 g/mol. The van der Waals surface area contributed by atoms with E-state index in [1.165, 1.54) is 15.9 Å². The van der Waals surface area contributed by atoms with Crippen LogP contribution in [0, 0.1) is 6.92 Å². The van der Waals surface area contributed by atoms with Crippen LogP contribution in [0.2, 0.25) is 0 Å². The molecule has 33 heavy (non-hydrogen) atoms. The van der Waals surface area contributed by atoms with Crippen molar-refractivity contribution in [3.63, 3.8) is 0 Å². The van der Waals surface area contributed by atoms with E-state index in [9.17, 15) is 4.79 Å². The fourth-order valence-electron chi connectivity index (χ4n) is 4.35. The Morgan fingerprint density at radius 2 is 1.21 bits per heavy atom. The lowest BCUT2D eigenvalue weighted by Gasteiger charge is -2.27. The summed E-state index contributed by atoms with van der Waals surface area (Å²) in [6.07, 6.45) is 2.53. The fraction of sp³-hybridized carbons (Fsp3) is 0.0714. The van der Waals surface area contributed by atoms with Crippen molar-refractivity contribution in [2.75, 3.05) is 0 Å². The van der Waals surface area contributed by atoms with Gasteiger partial charge in [0.05, 0.1) is 5.69 Å². The Balaban J connectivity index is 0.00000259. The van der Waals surface area contributed by atoms with Gasteiger partial charge in [-0.05, 0) is 55.0 Å². The van der Waals surface area contributed by atoms with E-state index in [0.29, 0.717) is 11.8 Å². The Hall–Kier alpha value is -3.26. The lowest BCUT2D eigenvalue weighted by atomic mass is 10.3. The van der Waals surface area contributed by atoms with Crippen molar-refractivity contribution in [1.29, 1.82) is 0 Å². The molecule has 2 heterocycles. The summed E-state index contributed by atoms with van der Waals surface area (Å²) in [6, 6.07) is 37.7. The molecule has 5 rings (SSSR count). The summed E-state index contributed by atoms with van der Waals surface area (Å²) >= 11 is 0. The van der Waals surface area contributed by atoms with Crippen LogP contribution < -0.4 is 33.9 Å². The molecule has 0 aliphatic rings. The minimum absolute atomic E-state index is 0. The number of aromatic nitrogens is 2. The van der Waals surface area contributed by atoms with Gasteiger partial charge in [-0.2, -0.15) is 0 Å². The Morgan fingerprint density at radius 3 is 1.70 bits per heavy atom. The van der Waals surface area contributed by atoms with Crippen molar-refractivity contribution < 1.29 is 12.4 Å². The fourth-order valence-corrected chi connectivity index (χ4v) is 8.48. The van der Waals surface area contributed by atoms with Gasteiger partial charge < -0.3 is 12.4 Å². The summed E-state index contributed by atoms with van der Waals surface area (Å²) in [5, 5.41) is 3.84. The molecule has 0 saturated carbocycles. The third-order valence-electron chi connectivity index (χ3n) is 5.85. The van der Waals surface area contributed by atoms with Crippen molar-refractivity contribution in [3.05, 3.63) is 137 Å². The average Bonchev–Trinajstić information content (AvgIpc) is 2.85. The highest BCUT2D eigenvalue weighted by atomic mass is 35.5. The van der Waals surface area contributed by atoms with Crippen molar-refractivity contribution in [1.82, 2.24) is 9.38 Å². The van der Waals surface area contributed by atoms with E-state index in [-0.39, 0.29) is 18.0 Å². The molecule has 0 atom stereocenters. The first-order chi connectivity index (χ1) is 15.7. The van der Waals surface area contributed by atoms with E-state index in [2.05, 4.69) is 91.0 Å². The zero-order valence-electron chi connectivity index (χ0n) is 18.3. The van der Waals surface area contributed by atoms with E-state index in [0.717, 1.165) is 11.3 Å². The van der Waals surface area contributed by atoms with Crippen LogP contribution in [-0.4, -0.2) is 9.38 Å². The van der Waals surface area contributed by atoms with Crippen LogP contribution in [0.5, 0.6) is 0 Å². The van der Waals surface area contributed by atoms with Crippen LogP contribution in [0.25, 0.3) is 5.65 Å². The molecule has 0 aliphatic carbocycles. The van der Waals surface area contributed by atoms with Gasteiger partial charge in [-0.3, -0.25) is 9.20 Å². The Labute approximate surface area is 200 Å². The van der Waals surface area contributed by atoms with E-state index in [1.54, 1.807) is 10.5 Å². The third-order valence-corrected chi connectivity index (χ3v) is 10.2. The third kappa shape index (κ3) is 4.35. The zero-order valence-corrected chi connectivity index (χ0v) is 20.0. The number of rotatable bonds is 5. The number of hydrogen-bond acceptors (Lipinski definition) is 2. The molecule has 0 spiro atoms. The molecule has 0 bridgehead atoms. The molecule has 2 aromatic heterocycles. The molecule has 0 unspecified atom stereocenters. The van der Waals surface area contributed by atoms with Gasteiger partial charge in [0.1, 0.15) is 35.0 Å². The number of halogens is 1. The second-order valence-electron chi connectivity index (χ2n) is 7.99. The van der Waals surface area contributed by atoms with E-state index < -0.39 is 7.26 Å². The maximum Gasteiger partial charge on any atom is 0.258 e. The maximum absolute atomic E-state index is 13.0. The highest BCUT2D eigenvalue weighted by molar-refractivity contribution is 7.95. The largest absolute Gasteiger partial charge is 1.00 e. The van der Waals surface area contributed by atoms with Gasteiger partial charge in [0.25, 0.3) is 5.56 Å². The molecule has 0 amide bonds. The molecule has 0 N–H and O–H groups in total. The number of pyridine rings is 1. The molecule has 0 saturated heterocycles. The van der Waals surface area contributed by atoms with Crippen molar-refractivity contribution in [2.45, 2.75) is 13.1 Å². The monoisotopic (exact) mass is 470 g/mol. The molecule has 3 aromatic carbocycles. The molecule has 5 aromatic rings. The van der Waals surface area contributed by atoms with Gasteiger partial charge >= 0.3 is 0 Å². The van der Waals surface area contributed by atoms with Crippen LogP contribution in [0.15, 0.2) is 120 Å². The van der Waals surface area contributed by atoms with Crippen molar-refractivity contribution in [3.8, 4) is 0 Å². The van der Waals surface area contributed by atoms with E-state index in [1.807, 2.05) is 25.3 Å². The normalized spacial score (nSPS) is 11.2.